The molecular formula is C11H11ClN2. The number of nitrogens with zero attached hydrogens (tertiary/aromatic N) is 1. The van der Waals surface area contributed by atoms with Crippen LogP contribution in [0, 0.1) is 0 Å². The fraction of sp³-hybridized carbons (Fsp3) is 0.182. The van der Waals surface area contributed by atoms with Gasteiger partial charge in [0.1, 0.15) is 0 Å². The summed E-state index contributed by atoms with van der Waals surface area (Å²) in [5.41, 5.74) is 2.15. The molecule has 0 unspecified atom stereocenters. The van der Waals surface area contributed by atoms with E-state index in [2.05, 4.69) is 10.3 Å². The van der Waals surface area contributed by atoms with Crippen molar-refractivity contribution >= 4 is 22.5 Å². The highest BCUT2D eigenvalue weighted by molar-refractivity contribution is 6.31. The van der Waals surface area contributed by atoms with E-state index < -0.39 is 0 Å². The van der Waals surface area contributed by atoms with Gasteiger partial charge >= 0.3 is 0 Å². The molecule has 1 aromatic carbocycles. The molecule has 0 amide bonds. The first kappa shape index (κ1) is 9.44. The third kappa shape index (κ3) is 1.72. The molecule has 0 bridgehead atoms. The minimum atomic E-state index is 0.760. The predicted molar refractivity (Wildman–Crippen MR) is 59.5 cm³/mol. The van der Waals surface area contributed by atoms with Crippen LogP contribution in [0.5, 0.6) is 0 Å². The van der Waals surface area contributed by atoms with Gasteiger partial charge in [-0.2, -0.15) is 0 Å². The van der Waals surface area contributed by atoms with E-state index in [0.29, 0.717) is 0 Å². The summed E-state index contributed by atoms with van der Waals surface area (Å²) < 4.78 is 0. The van der Waals surface area contributed by atoms with Crippen molar-refractivity contribution < 1.29 is 0 Å². The quantitative estimate of drug-likeness (QED) is 0.817. The Labute approximate surface area is 87.9 Å². The van der Waals surface area contributed by atoms with Gasteiger partial charge in [0.2, 0.25) is 0 Å². The Hall–Kier alpha value is -1.12. The van der Waals surface area contributed by atoms with E-state index in [4.69, 9.17) is 11.6 Å². The molecule has 0 spiro atoms. The molecule has 0 fully saturated rings. The molecular weight excluding hydrogens is 196 g/mol. The molecule has 14 heavy (non-hydrogen) atoms. The Morgan fingerprint density at radius 2 is 2.29 bits per heavy atom. The molecule has 0 radical (unpaired) electrons. The average Bonchev–Trinajstić information content (AvgIpc) is 2.18. The Kier molecular flexibility index (Phi) is 2.66. The van der Waals surface area contributed by atoms with Gasteiger partial charge in [0.25, 0.3) is 0 Å². The van der Waals surface area contributed by atoms with Crippen LogP contribution in [0.25, 0.3) is 10.9 Å². The van der Waals surface area contributed by atoms with Crippen LogP contribution in [-0.4, -0.2) is 12.0 Å². The fourth-order valence-corrected chi connectivity index (χ4v) is 1.80. The van der Waals surface area contributed by atoms with Crippen molar-refractivity contribution in [2.24, 2.45) is 0 Å². The average molecular weight is 207 g/mol. The first-order chi connectivity index (χ1) is 6.81. The number of rotatable bonds is 2. The molecule has 2 rings (SSSR count). The smallest absolute Gasteiger partial charge is 0.0747 e. The fourth-order valence-electron chi connectivity index (χ4n) is 1.55. The molecule has 0 aliphatic heterocycles. The summed E-state index contributed by atoms with van der Waals surface area (Å²) in [6, 6.07) is 7.83. The van der Waals surface area contributed by atoms with Crippen molar-refractivity contribution in [3.05, 3.63) is 41.0 Å². The van der Waals surface area contributed by atoms with E-state index in [9.17, 15) is 0 Å². The van der Waals surface area contributed by atoms with Crippen molar-refractivity contribution in [2.45, 2.75) is 6.54 Å². The van der Waals surface area contributed by atoms with E-state index >= 15 is 0 Å². The summed E-state index contributed by atoms with van der Waals surface area (Å²) in [6.07, 6.45) is 1.80. The van der Waals surface area contributed by atoms with Crippen LogP contribution < -0.4 is 5.32 Å². The number of benzene rings is 1. The van der Waals surface area contributed by atoms with Crippen molar-refractivity contribution in [2.75, 3.05) is 7.05 Å². The van der Waals surface area contributed by atoms with Gasteiger partial charge in [-0.05, 0) is 30.8 Å². The standard InChI is InChI=1S/C11H11ClN2/c1-13-7-9-6-10(12)5-8-3-2-4-14-11(8)9/h2-6,13H,7H2,1H3. The first-order valence-electron chi connectivity index (χ1n) is 4.49. The lowest BCUT2D eigenvalue weighted by Crippen LogP contribution is -2.05. The summed E-state index contributed by atoms with van der Waals surface area (Å²) >= 11 is 6.00. The molecule has 3 heteroatoms. The first-order valence-corrected chi connectivity index (χ1v) is 4.87. The van der Waals surface area contributed by atoms with Gasteiger partial charge in [-0.15, -0.1) is 0 Å². The van der Waals surface area contributed by atoms with Crippen molar-refractivity contribution in [1.82, 2.24) is 10.3 Å². The summed E-state index contributed by atoms with van der Waals surface area (Å²) in [6.45, 7) is 0.786. The third-order valence-electron chi connectivity index (χ3n) is 2.12. The van der Waals surface area contributed by atoms with Gasteiger partial charge < -0.3 is 5.32 Å². The van der Waals surface area contributed by atoms with Gasteiger partial charge in [-0.3, -0.25) is 4.98 Å². The van der Waals surface area contributed by atoms with E-state index in [-0.39, 0.29) is 0 Å². The van der Waals surface area contributed by atoms with E-state index in [1.165, 1.54) is 0 Å². The molecule has 1 N–H and O–H groups in total. The predicted octanol–water partition coefficient (Wildman–Crippen LogP) is 2.61. The summed E-state index contributed by atoms with van der Waals surface area (Å²) in [5, 5.41) is 4.95. The van der Waals surface area contributed by atoms with Crippen LogP contribution in [0.2, 0.25) is 5.02 Å². The number of pyridine rings is 1. The number of hydrogen-bond donors (Lipinski definition) is 1. The lowest BCUT2D eigenvalue weighted by atomic mass is 10.1. The molecule has 2 nitrogen and oxygen atoms in total. The Morgan fingerprint density at radius 3 is 3.07 bits per heavy atom. The summed E-state index contributed by atoms with van der Waals surface area (Å²) in [7, 11) is 1.91. The monoisotopic (exact) mass is 206 g/mol. The van der Waals surface area contributed by atoms with E-state index in [1.807, 2.05) is 31.3 Å². The van der Waals surface area contributed by atoms with Crippen molar-refractivity contribution in [3.63, 3.8) is 0 Å². The molecule has 0 atom stereocenters. The highest BCUT2D eigenvalue weighted by atomic mass is 35.5. The molecule has 1 aromatic heterocycles. The van der Waals surface area contributed by atoms with Crippen LogP contribution in [-0.2, 0) is 6.54 Å². The summed E-state index contributed by atoms with van der Waals surface area (Å²) in [4.78, 5) is 4.34. The van der Waals surface area contributed by atoms with Crippen LogP contribution >= 0.6 is 11.6 Å². The van der Waals surface area contributed by atoms with Gasteiger partial charge in [-0.1, -0.05) is 17.7 Å². The lowest BCUT2D eigenvalue weighted by molar-refractivity contribution is 0.822. The lowest BCUT2D eigenvalue weighted by Gasteiger charge is -2.05. The minimum Gasteiger partial charge on any atom is -0.316 e. The Balaban J connectivity index is 2.67. The zero-order chi connectivity index (χ0) is 9.97. The highest BCUT2D eigenvalue weighted by Crippen LogP contribution is 2.21. The maximum Gasteiger partial charge on any atom is 0.0747 e. The van der Waals surface area contributed by atoms with Crippen LogP contribution in [0.1, 0.15) is 5.56 Å². The Bertz CT molecular complexity index is 454. The third-order valence-corrected chi connectivity index (χ3v) is 2.33. The normalized spacial score (nSPS) is 10.7. The molecule has 1 heterocycles. The van der Waals surface area contributed by atoms with Crippen molar-refractivity contribution in [1.29, 1.82) is 0 Å². The SMILES string of the molecule is CNCc1cc(Cl)cc2cccnc12. The van der Waals surface area contributed by atoms with Crippen LogP contribution in [0.15, 0.2) is 30.5 Å². The number of aromatic nitrogens is 1. The second-order valence-corrected chi connectivity index (χ2v) is 3.61. The number of halogens is 1. The minimum absolute atomic E-state index is 0.760. The van der Waals surface area contributed by atoms with E-state index in [0.717, 1.165) is 28.0 Å². The number of hydrogen-bond acceptors (Lipinski definition) is 2. The van der Waals surface area contributed by atoms with Gasteiger partial charge in [0, 0.05) is 23.2 Å². The number of fused-ring (bicyclic) bond motifs is 1. The zero-order valence-corrected chi connectivity index (χ0v) is 8.67. The van der Waals surface area contributed by atoms with Crippen molar-refractivity contribution in [3.8, 4) is 0 Å². The maximum atomic E-state index is 6.00. The van der Waals surface area contributed by atoms with E-state index in [1.54, 1.807) is 6.20 Å². The molecule has 0 saturated carbocycles. The van der Waals surface area contributed by atoms with Gasteiger partial charge in [-0.25, -0.2) is 0 Å². The number of nitrogens with one attached hydrogen (secondary N) is 1. The maximum absolute atomic E-state index is 6.00. The van der Waals surface area contributed by atoms with Gasteiger partial charge in [0.15, 0.2) is 0 Å². The topological polar surface area (TPSA) is 24.9 Å². The molecule has 2 aromatic rings. The van der Waals surface area contributed by atoms with Crippen LogP contribution in [0.4, 0.5) is 0 Å². The highest BCUT2D eigenvalue weighted by Gasteiger charge is 2.02. The molecule has 0 aliphatic rings. The molecule has 72 valence electrons. The second kappa shape index (κ2) is 3.95. The largest absolute Gasteiger partial charge is 0.316 e. The summed E-state index contributed by atoms with van der Waals surface area (Å²) in [5.74, 6) is 0. The second-order valence-electron chi connectivity index (χ2n) is 3.17. The zero-order valence-electron chi connectivity index (χ0n) is 7.92. The Morgan fingerprint density at radius 1 is 1.43 bits per heavy atom. The molecule has 0 aliphatic carbocycles. The van der Waals surface area contributed by atoms with Gasteiger partial charge in [0.05, 0.1) is 5.52 Å². The van der Waals surface area contributed by atoms with Crippen LogP contribution in [0.3, 0.4) is 0 Å². The molecule has 0 saturated heterocycles.